The van der Waals surface area contributed by atoms with Crippen molar-refractivity contribution in [3.63, 3.8) is 0 Å². The second-order valence-corrected chi connectivity index (χ2v) is 4.63. The summed E-state index contributed by atoms with van der Waals surface area (Å²) in [5.41, 5.74) is 2.51. The molecule has 0 atom stereocenters. The van der Waals surface area contributed by atoms with Crippen LogP contribution in [0.15, 0.2) is 48.8 Å². The zero-order valence-electron chi connectivity index (χ0n) is 11.7. The van der Waals surface area contributed by atoms with Gasteiger partial charge in [0.05, 0.1) is 19.4 Å². The van der Waals surface area contributed by atoms with Gasteiger partial charge in [-0.1, -0.05) is 12.1 Å². The van der Waals surface area contributed by atoms with Crippen LogP contribution in [-0.2, 0) is 13.2 Å². The quantitative estimate of drug-likeness (QED) is 0.781. The Morgan fingerprint density at radius 1 is 1.19 bits per heavy atom. The third-order valence-corrected chi connectivity index (χ3v) is 3.20. The summed E-state index contributed by atoms with van der Waals surface area (Å²) >= 11 is 0. The van der Waals surface area contributed by atoms with Gasteiger partial charge in [-0.15, -0.1) is 0 Å². The predicted octanol–water partition coefficient (Wildman–Crippen LogP) is 2.41. The van der Waals surface area contributed by atoms with E-state index in [-0.39, 0.29) is 6.61 Å². The smallest absolute Gasteiger partial charge is 0.161 e. The molecular formula is C16H16N2O3. The van der Waals surface area contributed by atoms with Gasteiger partial charge in [-0.25, -0.2) is 4.98 Å². The highest BCUT2D eigenvalue weighted by Crippen LogP contribution is 2.28. The number of benzene rings is 1. The molecule has 0 spiro atoms. The van der Waals surface area contributed by atoms with E-state index in [4.69, 9.17) is 14.6 Å². The van der Waals surface area contributed by atoms with Gasteiger partial charge in [0.25, 0.3) is 0 Å². The minimum Gasteiger partial charge on any atom is -0.493 e. The molecule has 5 nitrogen and oxygen atoms in total. The molecule has 0 fully saturated rings. The molecule has 2 aromatic heterocycles. The molecule has 0 aliphatic heterocycles. The Labute approximate surface area is 122 Å². The van der Waals surface area contributed by atoms with Crippen LogP contribution in [0.2, 0.25) is 0 Å². The maximum atomic E-state index is 9.13. The molecule has 5 heteroatoms. The number of ether oxygens (including phenoxy) is 2. The molecule has 0 amide bonds. The molecule has 1 N–H and O–H groups in total. The molecule has 0 radical (unpaired) electrons. The van der Waals surface area contributed by atoms with Crippen LogP contribution in [0.5, 0.6) is 11.5 Å². The van der Waals surface area contributed by atoms with Crippen LogP contribution >= 0.6 is 0 Å². The zero-order valence-corrected chi connectivity index (χ0v) is 11.7. The Morgan fingerprint density at radius 3 is 2.86 bits per heavy atom. The average Bonchev–Trinajstić information content (AvgIpc) is 2.95. The highest BCUT2D eigenvalue weighted by atomic mass is 16.5. The first kappa shape index (κ1) is 13.5. The van der Waals surface area contributed by atoms with Gasteiger partial charge in [0, 0.05) is 12.4 Å². The van der Waals surface area contributed by atoms with Crippen molar-refractivity contribution < 1.29 is 14.6 Å². The van der Waals surface area contributed by atoms with Gasteiger partial charge in [0.1, 0.15) is 12.3 Å². The number of nitrogens with zero attached hydrogens (tertiary/aromatic N) is 2. The summed E-state index contributed by atoms with van der Waals surface area (Å²) in [5.74, 6) is 1.23. The maximum Gasteiger partial charge on any atom is 0.161 e. The van der Waals surface area contributed by atoms with Crippen LogP contribution in [0.3, 0.4) is 0 Å². The fraction of sp³-hybridized carbons (Fsp3) is 0.188. The highest BCUT2D eigenvalue weighted by molar-refractivity contribution is 5.43. The van der Waals surface area contributed by atoms with Crippen LogP contribution in [0.4, 0.5) is 0 Å². The summed E-state index contributed by atoms with van der Waals surface area (Å²) in [6.45, 7) is 0.333. The third-order valence-electron chi connectivity index (χ3n) is 3.20. The van der Waals surface area contributed by atoms with E-state index >= 15 is 0 Å². The number of imidazole rings is 1. The van der Waals surface area contributed by atoms with E-state index in [1.807, 2.05) is 41.1 Å². The van der Waals surface area contributed by atoms with Crippen LogP contribution < -0.4 is 9.47 Å². The van der Waals surface area contributed by atoms with E-state index in [0.29, 0.717) is 18.1 Å². The molecule has 21 heavy (non-hydrogen) atoms. The highest BCUT2D eigenvalue weighted by Gasteiger charge is 2.07. The Bertz CT molecular complexity index is 719. The van der Waals surface area contributed by atoms with Gasteiger partial charge >= 0.3 is 0 Å². The summed E-state index contributed by atoms with van der Waals surface area (Å²) in [6, 6.07) is 11.2. The van der Waals surface area contributed by atoms with Gasteiger partial charge in [-0.05, 0) is 29.8 Å². The number of methoxy groups -OCH3 is 1. The minimum atomic E-state index is -0.0247. The van der Waals surface area contributed by atoms with E-state index in [1.54, 1.807) is 19.2 Å². The van der Waals surface area contributed by atoms with Crippen molar-refractivity contribution in [2.45, 2.75) is 13.2 Å². The molecule has 0 saturated heterocycles. The van der Waals surface area contributed by atoms with Crippen LogP contribution in [0.1, 0.15) is 11.3 Å². The molecule has 3 aromatic rings. The Balaban J connectivity index is 1.77. The summed E-state index contributed by atoms with van der Waals surface area (Å²) < 4.78 is 13.0. The van der Waals surface area contributed by atoms with Gasteiger partial charge in [-0.3, -0.25) is 0 Å². The lowest BCUT2D eigenvalue weighted by Gasteiger charge is -2.10. The van der Waals surface area contributed by atoms with Crippen LogP contribution in [-0.4, -0.2) is 21.6 Å². The fourth-order valence-electron chi connectivity index (χ4n) is 2.14. The largest absolute Gasteiger partial charge is 0.493 e. The van der Waals surface area contributed by atoms with Crippen molar-refractivity contribution in [2.24, 2.45) is 0 Å². The Morgan fingerprint density at radius 2 is 2.10 bits per heavy atom. The van der Waals surface area contributed by atoms with Crippen molar-refractivity contribution in [2.75, 3.05) is 7.11 Å². The number of rotatable bonds is 5. The van der Waals surface area contributed by atoms with Crippen molar-refractivity contribution in [3.05, 3.63) is 60.0 Å². The molecule has 0 saturated carbocycles. The van der Waals surface area contributed by atoms with Crippen molar-refractivity contribution in [3.8, 4) is 11.5 Å². The number of hydrogen-bond donors (Lipinski definition) is 1. The monoisotopic (exact) mass is 284 g/mol. The number of aliphatic hydroxyl groups excluding tert-OH is 1. The first-order valence-electron chi connectivity index (χ1n) is 6.63. The molecular weight excluding hydrogens is 268 g/mol. The number of fused-ring (bicyclic) bond motifs is 1. The SMILES string of the molecule is COc1cc(CO)ccc1OCc1cn2ccccc2n1. The first-order chi connectivity index (χ1) is 10.3. The summed E-state index contributed by atoms with van der Waals surface area (Å²) in [7, 11) is 1.58. The molecule has 3 rings (SSSR count). The average molecular weight is 284 g/mol. The zero-order chi connectivity index (χ0) is 14.7. The Kier molecular flexibility index (Phi) is 3.75. The van der Waals surface area contributed by atoms with E-state index < -0.39 is 0 Å². The topological polar surface area (TPSA) is 56.0 Å². The first-order valence-corrected chi connectivity index (χ1v) is 6.63. The van der Waals surface area contributed by atoms with E-state index in [1.165, 1.54) is 0 Å². The number of aromatic nitrogens is 2. The van der Waals surface area contributed by atoms with Gasteiger partial charge in [-0.2, -0.15) is 0 Å². The molecule has 0 aliphatic rings. The molecule has 0 bridgehead atoms. The second-order valence-electron chi connectivity index (χ2n) is 4.63. The lowest BCUT2D eigenvalue weighted by molar-refractivity contribution is 0.273. The van der Waals surface area contributed by atoms with Crippen LogP contribution in [0.25, 0.3) is 5.65 Å². The fourth-order valence-corrected chi connectivity index (χ4v) is 2.14. The molecule has 108 valence electrons. The van der Waals surface area contributed by atoms with Crippen molar-refractivity contribution in [1.82, 2.24) is 9.38 Å². The summed E-state index contributed by atoms with van der Waals surface area (Å²) in [4.78, 5) is 4.47. The number of pyridine rings is 1. The molecule has 0 unspecified atom stereocenters. The molecule has 0 aliphatic carbocycles. The molecule has 1 aromatic carbocycles. The second kappa shape index (κ2) is 5.85. The normalized spacial score (nSPS) is 10.8. The van der Waals surface area contributed by atoms with E-state index in [9.17, 15) is 0 Å². The summed E-state index contributed by atoms with van der Waals surface area (Å²) in [5, 5.41) is 9.13. The Hall–Kier alpha value is -2.53. The van der Waals surface area contributed by atoms with Gasteiger partial charge in [0.2, 0.25) is 0 Å². The standard InChI is InChI=1S/C16H16N2O3/c1-20-15-8-12(10-19)5-6-14(15)21-11-13-9-18-7-3-2-4-16(18)17-13/h2-9,19H,10-11H2,1H3. The predicted molar refractivity (Wildman–Crippen MR) is 78.4 cm³/mol. The van der Waals surface area contributed by atoms with E-state index in [2.05, 4.69) is 4.98 Å². The van der Waals surface area contributed by atoms with Gasteiger partial charge in [0.15, 0.2) is 11.5 Å². The lowest BCUT2D eigenvalue weighted by Crippen LogP contribution is -1.98. The minimum absolute atomic E-state index is 0.0247. The summed E-state index contributed by atoms with van der Waals surface area (Å²) in [6.07, 6.45) is 3.88. The van der Waals surface area contributed by atoms with Crippen molar-refractivity contribution >= 4 is 5.65 Å². The maximum absolute atomic E-state index is 9.13. The number of hydrogen-bond acceptors (Lipinski definition) is 4. The van der Waals surface area contributed by atoms with Crippen LogP contribution in [0, 0.1) is 0 Å². The van der Waals surface area contributed by atoms with E-state index in [0.717, 1.165) is 16.9 Å². The van der Waals surface area contributed by atoms with Crippen molar-refractivity contribution in [1.29, 1.82) is 0 Å². The number of aliphatic hydroxyl groups is 1. The third kappa shape index (κ3) is 2.83. The van der Waals surface area contributed by atoms with Gasteiger partial charge < -0.3 is 19.0 Å². The lowest BCUT2D eigenvalue weighted by atomic mass is 10.2. The molecule has 2 heterocycles.